The number of piperidine rings is 1. The molecule has 0 amide bonds. The lowest BCUT2D eigenvalue weighted by Crippen LogP contribution is -2.43. The second-order valence-electron chi connectivity index (χ2n) is 3.58. The highest BCUT2D eigenvalue weighted by Gasteiger charge is 2.34. The van der Waals surface area contributed by atoms with E-state index in [4.69, 9.17) is 4.84 Å². The van der Waals surface area contributed by atoms with Crippen LogP contribution in [0.2, 0.25) is 0 Å². The summed E-state index contributed by atoms with van der Waals surface area (Å²) in [5, 5.41) is 1.57. The van der Waals surface area contributed by atoms with Crippen LogP contribution in [-0.4, -0.2) is 29.4 Å². The molecule has 0 bridgehead atoms. The maximum absolute atomic E-state index is 11.5. The Morgan fingerprint density at radius 3 is 2.92 bits per heavy atom. The third-order valence-electron chi connectivity index (χ3n) is 2.62. The Hall–Kier alpha value is -0.900. The van der Waals surface area contributed by atoms with Crippen molar-refractivity contribution in [3.63, 3.8) is 0 Å². The molecule has 0 aliphatic carbocycles. The minimum absolute atomic E-state index is 0.153. The number of carbonyl (C=O) groups is 2. The van der Waals surface area contributed by atoms with Crippen molar-refractivity contribution in [2.24, 2.45) is 0 Å². The van der Waals surface area contributed by atoms with Crippen LogP contribution in [0.1, 0.15) is 32.1 Å². The molecular weight excluding hydrogens is 170 g/mol. The Kier molecular flexibility index (Phi) is 2.31. The van der Waals surface area contributed by atoms with E-state index in [1.165, 1.54) is 0 Å². The summed E-state index contributed by atoms with van der Waals surface area (Å²) < 4.78 is 0. The van der Waals surface area contributed by atoms with Crippen molar-refractivity contribution in [3.8, 4) is 0 Å². The molecule has 72 valence electrons. The molecular formula is C9H13NO3. The number of carbonyl (C=O) groups excluding carboxylic acids is 2. The Labute approximate surface area is 76.8 Å². The van der Waals surface area contributed by atoms with Gasteiger partial charge in [0.2, 0.25) is 0 Å². The summed E-state index contributed by atoms with van der Waals surface area (Å²) in [5.74, 6) is -0.108. The van der Waals surface area contributed by atoms with E-state index in [1.54, 1.807) is 5.06 Å². The van der Waals surface area contributed by atoms with Crippen molar-refractivity contribution in [1.29, 1.82) is 0 Å². The Morgan fingerprint density at radius 1 is 1.23 bits per heavy atom. The molecule has 2 heterocycles. The van der Waals surface area contributed by atoms with Gasteiger partial charge in [-0.1, -0.05) is 0 Å². The van der Waals surface area contributed by atoms with Gasteiger partial charge in [-0.25, -0.2) is 0 Å². The zero-order valence-electron chi connectivity index (χ0n) is 7.49. The summed E-state index contributed by atoms with van der Waals surface area (Å²) in [6.07, 6.45) is 3.50. The molecule has 0 spiro atoms. The van der Waals surface area contributed by atoms with E-state index in [2.05, 4.69) is 0 Å². The average molecular weight is 183 g/mol. The molecule has 2 rings (SSSR count). The van der Waals surface area contributed by atoms with E-state index in [-0.39, 0.29) is 24.2 Å². The second kappa shape index (κ2) is 3.46. The molecule has 4 nitrogen and oxygen atoms in total. The van der Waals surface area contributed by atoms with Gasteiger partial charge in [-0.2, -0.15) is 0 Å². The van der Waals surface area contributed by atoms with Crippen LogP contribution in [-0.2, 0) is 14.4 Å². The van der Waals surface area contributed by atoms with Crippen molar-refractivity contribution in [3.05, 3.63) is 0 Å². The van der Waals surface area contributed by atoms with Crippen LogP contribution in [0.5, 0.6) is 0 Å². The molecule has 13 heavy (non-hydrogen) atoms. The average Bonchev–Trinajstić information content (AvgIpc) is 2.27. The normalized spacial score (nSPS) is 30.6. The van der Waals surface area contributed by atoms with Crippen LogP contribution in [0.25, 0.3) is 0 Å². The Bertz CT molecular complexity index is 239. The van der Waals surface area contributed by atoms with Crippen molar-refractivity contribution >= 4 is 11.8 Å². The van der Waals surface area contributed by atoms with Crippen LogP contribution in [0.3, 0.4) is 0 Å². The molecule has 2 saturated heterocycles. The summed E-state index contributed by atoms with van der Waals surface area (Å²) in [7, 11) is 0. The summed E-state index contributed by atoms with van der Waals surface area (Å²) in [6.45, 7) is 0.710. The van der Waals surface area contributed by atoms with Gasteiger partial charge in [-0.3, -0.25) is 9.59 Å². The van der Waals surface area contributed by atoms with Gasteiger partial charge in [-0.15, -0.1) is 5.06 Å². The van der Waals surface area contributed by atoms with E-state index >= 15 is 0 Å². The minimum Gasteiger partial charge on any atom is -0.367 e. The predicted octanol–water partition coefficient (Wildman–Crippen LogP) is 0.662. The molecule has 0 aromatic carbocycles. The van der Waals surface area contributed by atoms with E-state index in [9.17, 15) is 9.59 Å². The van der Waals surface area contributed by atoms with Gasteiger partial charge in [0.15, 0.2) is 5.78 Å². The molecule has 0 aromatic rings. The van der Waals surface area contributed by atoms with Gasteiger partial charge in [0, 0.05) is 13.0 Å². The molecule has 2 fully saturated rings. The lowest BCUT2D eigenvalue weighted by molar-refractivity contribution is -0.202. The zero-order chi connectivity index (χ0) is 9.26. The maximum atomic E-state index is 11.5. The number of ketones is 1. The molecule has 0 saturated carbocycles. The number of rotatable bonds is 0. The number of fused-ring (bicyclic) bond motifs is 1. The van der Waals surface area contributed by atoms with Gasteiger partial charge in [0.25, 0.3) is 0 Å². The molecule has 2 aliphatic rings. The molecule has 1 atom stereocenters. The fraction of sp³-hybridized carbons (Fsp3) is 0.778. The quantitative estimate of drug-likeness (QED) is 0.553. The Morgan fingerprint density at radius 2 is 2.08 bits per heavy atom. The van der Waals surface area contributed by atoms with Gasteiger partial charge < -0.3 is 4.84 Å². The number of hydrogen-bond donors (Lipinski definition) is 0. The first kappa shape index (κ1) is 8.69. The third kappa shape index (κ3) is 1.72. The first-order valence-corrected chi connectivity index (χ1v) is 4.77. The fourth-order valence-electron chi connectivity index (χ4n) is 1.90. The highest BCUT2D eigenvalue weighted by atomic mass is 16.7. The Balaban J connectivity index is 2.13. The first-order valence-electron chi connectivity index (χ1n) is 4.77. The summed E-state index contributed by atoms with van der Waals surface area (Å²) in [4.78, 5) is 27.6. The second-order valence-corrected chi connectivity index (χ2v) is 3.58. The number of hydroxylamine groups is 2. The van der Waals surface area contributed by atoms with Crippen LogP contribution < -0.4 is 0 Å². The van der Waals surface area contributed by atoms with Crippen LogP contribution in [0.15, 0.2) is 0 Å². The molecule has 4 heteroatoms. The van der Waals surface area contributed by atoms with Crippen molar-refractivity contribution in [1.82, 2.24) is 5.06 Å². The van der Waals surface area contributed by atoms with Gasteiger partial charge in [0.05, 0.1) is 6.42 Å². The number of nitrogens with zero attached hydrogens (tertiary/aromatic N) is 1. The monoisotopic (exact) mass is 183 g/mol. The van der Waals surface area contributed by atoms with Crippen molar-refractivity contribution < 1.29 is 14.4 Å². The molecule has 2 aliphatic heterocycles. The van der Waals surface area contributed by atoms with E-state index < -0.39 is 0 Å². The highest BCUT2D eigenvalue weighted by Crippen LogP contribution is 2.22. The molecule has 0 N–H and O–H groups in total. The van der Waals surface area contributed by atoms with Gasteiger partial charge in [0.1, 0.15) is 6.04 Å². The fourth-order valence-corrected chi connectivity index (χ4v) is 1.90. The predicted molar refractivity (Wildman–Crippen MR) is 44.7 cm³/mol. The lowest BCUT2D eigenvalue weighted by Gasteiger charge is -2.30. The van der Waals surface area contributed by atoms with E-state index in [0.29, 0.717) is 13.0 Å². The standard InChI is InChI=1S/C9H13NO3/c11-8-4-5-9(12)13-10-6-2-1-3-7(8)10/h7H,1-6H2. The highest BCUT2D eigenvalue weighted by molar-refractivity contribution is 5.88. The summed E-state index contributed by atoms with van der Waals surface area (Å²) in [6, 6.07) is -0.153. The van der Waals surface area contributed by atoms with Crippen molar-refractivity contribution in [2.75, 3.05) is 6.54 Å². The summed E-state index contributed by atoms with van der Waals surface area (Å²) >= 11 is 0. The largest absolute Gasteiger partial charge is 0.367 e. The minimum atomic E-state index is -0.266. The van der Waals surface area contributed by atoms with E-state index in [0.717, 1.165) is 19.3 Å². The molecule has 1 unspecified atom stereocenters. The van der Waals surface area contributed by atoms with Crippen LogP contribution >= 0.6 is 0 Å². The topological polar surface area (TPSA) is 46.6 Å². The van der Waals surface area contributed by atoms with Crippen LogP contribution in [0.4, 0.5) is 0 Å². The number of Topliss-reactive ketones (excluding diaryl/α,β-unsaturated/α-hetero) is 1. The van der Waals surface area contributed by atoms with Crippen molar-refractivity contribution in [2.45, 2.75) is 38.1 Å². The summed E-state index contributed by atoms with van der Waals surface area (Å²) in [5.41, 5.74) is 0. The SMILES string of the molecule is O=C1CCC(=O)C2CCCCN2O1. The van der Waals surface area contributed by atoms with E-state index in [1.807, 2.05) is 0 Å². The van der Waals surface area contributed by atoms with Gasteiger partial charge >= 0.3 is 5.97 Å². The zero-order valence-corrected chi connectivity index (χ0v) is 7.49. The van der Waals surface area contributed by atoms with Crippen LogP contribution in [0, 0.1) is 0 Å². The smallest absolute Gasteiger partial charge is 0.325 e. The van der Waals surface area contributed by atoms with Gasteiger partial charge in [-0.05, 0) is 19.3 Å². The third-order valence-corrected chi connectivity index (χ3v) is 2.62. The molecule has 0 aromatic heterocycles. The lowest BCUT2D eigenvalue weighted by atomic mass is 9.98. The number of hydrogen-bond acceptors (Lipinski definition) is 4. The maximum Gasteiger partial charge on any atom is 0.325 e. The molecule has 0 radical (unpaired) electrons. The first-order chi connectivity index (χ1) is 6.27.